The standard InChI is InChI=1S/C24H26FN3.ClH/c1-15-6-5-7-20-12-13-28(18(4)23(15)20)24-16(2)17(3)26-22(27-24)14-19-8-10-21(25)11-9-19;/h5-11,18H,12-14H2,1-4H3;1H. The van der Waals surface area contributed by atoms with Crippen molar-refractivity contribution in [3.05, 3.63) is 87.6 Å². The van der Waals surface area contributed by atoms with E-state index in [1.165, 1.54) is 28.8 Å². The molecule has 4 rings (SSSR count). The van der Waals surface area contributed by atoms with Crippen LogP contribution in [0.3, 0.4) is 0 Å². The lowest BCUT2D eigenvalue weighted by Gasteiger charge is -2.38. The van der Waals surface area contributed by atoms with Gasteiger partial charge >= 0.3 is 0 Å². The molecule has 1 aliphatic heterocycles. The molecule has 152 valence electrons. The highest BCUT2D eigenvalue weighted by Gasteiger charge is 2.28. The summed E-state index contributed by atoms with van der Waals surface area (Å²) in [4.78, 5) is 12.1. The predicted octanol–water partition coefficient (Wildman–Crippen LogP) is 5.68. The molecule has 3 aromatic rings. The molecule has 2 aromatic carbocycles. The van der Waals surface area contributed by atoms with Crippen molar-refractivity contribution in [2.45, 2.75) is 46.6 Å². The van der Waals surface area contributed by atoms with Crippen molar-refractivity contribution in [1.29, 1.82) is 0 Å². The van der Waals surface area contributed by atoms with E-state index in [0.717, 1.165) is 41.4 Å². The molecule has 1 atom stereocenters. The Bertz CT molecular complexity index is 1020. The van der Waals surface area contributed by atoms with Gasteiger partial charge in [0.1, 0.15) is 17.5 Å². The van der Waals surface area contributed by atoms with E-state index in [0.29, 0.717) is 6.42 Å². The van der Waals surface area contributed by atoms with Crippen molar-refractivity contribution < 1.29 is 4.39 Å². The van der Waals surface area contributed by atoms with Gasteiger partial charge in [-0.15, -0.1) is 12.4 Å². The second kappa shape index (κ2) is 8.50. The lowest BCUT2D eigenvalue weighted by molar-refractivity contribution is 0.608. The number of aryl methyl sites for hydroxylation is 2. The van der Waals surface area contributed by atoms with Crippen LogP contribution in [0, 0.1) is 26.6 Å². The lowest BCUT2D eigenvalue weighted by atomic mass is 9.89. The number of fused-ring (bicyclic) bond motifs is 1. The summed E-state index contributed by atoms with van der Waals surface area (Å²) in [5.74, 6) is 1.58. The Labute approximate surface area is 178 Å². The van der Waals surface area contributed by atoms with E-state index < -0.39 is 0 Å². The molecule has 0 radical (unpaired) electrons. The summed E-state index contributed by atoms with van der Waals surface area (Å²) in [6, 6.07) is 13.4. The first-order valence-electron chi connectivity index (χ1n) is 9.87. The van der Waals surface area contributed by atoms with Crippen LogP contribution in [0.2, 0.25) is 0 Å². The summed E-state index contributed by atoms with van der Waals surface area (Å²) < 4.78 is 13.2. The van der Waals surface area contributed by atoms with E-state index in [4.69, 9.17) is 9.97 Å². The van der Waals surface area contributed by atoms with E-state index in [1.807, 2.05) is 6.92 Å². The molecular weight excluding hydrogens is 385 g/mol. The monoisotopic (exact) mass is 411 g/mol. The van der Waals surface area contributed by atoms with Gasteiger partial charge in [0.15, 0.2) is 0 Å². The maximum Gasteiger partial charge on any atom is 0.136 e. The van der Waals surface area contributed by atoms with Crippen molar-refractivity contribution >= 4 is 18.2 Å². The lowest BCUT2D eigenvalue weighted by Crippen LogP contribution is -2.36. The summed E-state index contributed by atoms with van der Waals surface area (Å²) in [6.07, 6.45) is 1.63. The van der Waals surface area contributed by atoms with Crippen LogP contribution in [-0.4, -0.2) is 16.5 Å². The molecule has 3 nitrogen and oxygen atoms in total. The first-order valence-corrected chi connectivity index (χ1v) is 9.87. The third-order valence-electron chi connectivity index (χ3n) is 5.88. The number of aromatic nitrogens is 2. The number of anilines is 1. The molecule has 0 saturated heterocycles. The summed E-state index contributed by atoms with van der Waals surface area (Å²) in [6.45, 7) is 9.55. The maximum atomic E-state index is 13.2. The van der Waals surface area contributed by atoms with Crippen molar-refractivity contribution in [3.63, 3.8) is 0 Å². The van der Waals surface area contributed by atoms with Crippen molar-refractivity contribution in [2.75, 3.05) is 11.4 Å². The third-order valence-corrected chi connectivity index (χ3v) is 5.88. The SMILES string of the molecule is Cc1cccc2c1C(C)N(c1nc(Cc3ccc(F)cc3)nc(C)c1C)CC2.Cl. The summed E-state index contributed by atoms with van der Waals surface area (Å²) in [7, 11) is 0. The molecule has 0 saturated carbocycles. The van der Waals surface area contributed by atoms with Crippen molar-refractivity contribution in [1.82, 2.24) is 9.97 Å². The van der Waals surface area contributed by atoms with Gasteiger partial charge in [-0.3, -0.25) is 0 Å². The van der Waals surface area contributed by atoms with Gasteiger partial charge in [0, 0.05) is 24.2 Å². The molecule has 1 unspecified atom stereocenters. The van der Waals surface area contributed by atoms with Gasteiger partial charge < -0.3 is 4.90 Å². The Balaban J connectivity index is 0.00000240. The molecule has 0 fully saturated rings. The molecule has 0 aliphatic carbocycles. The molecular formula is C24H27ClFN3. The zero-order valence-electron chi connectivity index (χ0n) is 17.4. The fraction of sp³-hybridized carbons (Fsp3) is 0.333. The number of hydrogen-bond donors (Lipinski definition) is 0. The highest BCUT2D eigenvalue weighted by atomic mass is 35.5. The Kier molecular flexibility index (Phi) is 6.23. The van der Waals surface area contributed by atoms with Gasteiger partial charge in [-0.1, -0.05) is 30.3 Å². The summed E-state index contributed by atoms with van der Waals surface area (Å²) in [5.41, 5.74) is 7.35. The zero-order chi connectivity index (χ0) is 19.8. The van der Waals surface area contributed by atoms with Gasteiger partial charge in [0.2, 0.25) is 0 Å². The molecule has 1 aromatic heterocycles. The molecule has 29 heavy (non-hydrogen) atoms. The average molecular weight is 412 g/mol. The fourth-order valence-electron chi connectivity index (χ4n) is 4.25. The number of halogens is 2. The Morgan fingerprint density at radius 1 is 1.03 bits per heavy atom. The molecule has 0 N–H and O–H groups in total. The van der Waals surface area contributed by atoms with Crippen LogP contribution in [0.25, 0.3) is 0 Å². The van der Waals surface area contributed by atoms with Gasteiger partial charge in [0.05, 0.1) is 6.04 Å². The van der Waals surface area contributed by atoms with Gasteiger partial charge in [0.25, 0.3) is 0 Å². The van der Waals surface area contributed by atoms with Crippen molar-refractivity contribution in [3.8, 4) is 0 Å². The predicted molar refractivity (Wildman–Crippen MR) is 119 cm³/mol. The smallest absolute Gasteiger partial charge is 0.136 e. The molecule has 0 amide bonds. The molecule has 5 heteroatoms. The zero-order valence-corrected chi connectivity index (χ0v) is 18.2. The molecule has 0 bridgehead atoms. The number of nitrogens with zero attached hydrogens (tertiary/aromatic N) is 3. The number of rotatable bonds is 3. The van der Waals surface area contributed by atoms with Crippen LogP contribution in [0.5, 0.6) is 0 Å². The van der Waals surface area contributed by atoms with E-state index in [2.05, 4.69) is 43.9 Å². The van der Waals surface area contributed by atoms with Crippen LogP contribution in [-0.2, 0) is 12.8 Å². The topological polar surface area (TPSA) is 29.0 Å². The quantitative estimate of drug-likeness (QED) is 0.555. The Morgan fingerprint density at radius 2 is 1.76 bits per heavy atom. The molecule has 2 heterocycles. The first-order chi connectivity index (χ1) is 13.4. The average Bonchev–Trinajstić information content (AvgIpc) is 2.67. The van der Waals surface area contributed by atoms with Crippen LogP contribution >= 0.6 is 12.4 Å². The molecule has 1 aliphatic rings. The summed E-state index contributed by atoms with van der Waals surface area (Å²) in [5, 5.41) is 0. The van der Waals surface area contributed by atoms with Crippen LogP contribution in [0.1, 0.15) is 52.3 Å². The highest BCUT2D eigenvalue weighted by Crippen LogP contribution is 2.36. The first kappa shape index (κ1) is 21.3. The number of benzene rings is 2. The van der Waals surface area contributed by atoms with Gasteiger partial charge in [-0.25, -0.2) is 14.4 Å². The van der Waals surface area contributed by atoms with Crippen LogP contribution in [0.15, 0.2) is 42.5 Å². The second-order valence-corrected chi connectivity index (χ2v) is 7.74. The highest BCUT2D eigenvalue weighted by molar-refractivity contribution is 5.85. The third kappa shape index (κ3) is 4.13. The largest absolute Gasteiger partial charge is 0.349 e. The Morgan fingerprint density at radius 3 is 2.48 bits per heavy atom. The van der Waals surface area contributed by atoms with Crippen LogP contribution < -0.4 is 4.90 Å². The van der Waals surface area contributed by atoms with Gasteiger partial charge in [-0.2, -0.15) is 0 Å². The minimum absolute atomic E-state index is 0. The maximum absolute atomic E-state index is 13.2. The normalized spacial score (nSPS) is 15.6. The fourth-order valence-corrected chi connectivity index (χ4v) is 4.25. The van der Waals surface area contributed by atoms with E-state index >= 15 is 0 Å². The van der Waals surface area contributed by atoms with Crippen LogP contribution in [0.4, 0.5) is 10.2 Å². The minimum Gasteiger partial charge on any atom is -0.349 e. The van der Waals surface area contributed by atoms with E-state index in [9.17, 15) is 4.39 Å². The van der Waals surface area contributed by atoms with E-state index in [-0.39, 0.29) is 24.3 Å². The number of hydrogen-bond acceptors (Lipinski definition) is 3. The van der Waals surface area contributed by atoms with Crippen molar-refractivity contribution in [2.24, 2.45) is 0 Å². The second-order valence-electron chi connectivity index (χ2n) is 7.74. The summed E-state index contributed by atoms with van der Waals surface area (Å²) >= 11 is 0. The minimum atomic E-state index is -0.221. The Hall–Kier alpha value is -2.46. The van der Waals surface area contributed by atoms with Gasteiger partial charge in [-0.05, 0) is 68.5 Å². The van der Waals surface area contributed by atoms with E-state index in [1.54, 1.807) is 12.1 Å². The molecule has 0 spiro atoms.